The van der Waals surface area contributed by atoms with Crippen LogP contribution in [0.5, 0.6) is 11.5 Å². The van der Waals surface area contributed by atoms with Crippen LogP contribution in [0.25, 0.3) is 22.2 Å². The van der Waals surface area contributed by atoms with Gasteiger partial charge in [0.2, 0.25) is 0 Å². The average molecular weight is 411 g/mol. The number of ether oxygens (including phenoxy) is 2. The minimum Gasteiger partial charge on any atom is -0.490 e. The quantitative estimate of drug-likeness (QED) is 0.298. The lowest BCUT2D eigenvalue weighted by molar-refractivity contribution is 0.272. The van der Waals surface area contributed by atoms with Crippen molar-refractivity contribution in [1.82, 2.24) is 4.98 Å². The molecule has 0 spiro atoms. The van der Waals surface area contributed by atoms with E-state index in [0.717, 1.165) is 34.7 Å². The molecule has 1 aromatic carbocycles. The van der Waals surface area contributed by atoms with Crippen LogP contribution in [0.4, 0.5) is 0 Å². The van der Waals surface area contributed by atoms with Crippen LogP contribution < -0.4 is 9.47 Å². The molecule has 0 aliphatic heterocycles. The number of thiophene rings is 1. The summed E-state index contributed by atoms with van der Waals surface area (Å²) in [7, 11) is 0. The number of rotatable bonds is 9. The Kier molecular flexibility index (Phi) is 7.24. The Morgan fingerprint density at radius 3 is 2.79 bits per heavy atom. The summed E-state index contributed by atoms with van der Waals surface area (Å²) < 4.78 is 11.6. The highest BCUT2D eigenvalue weighted by Crippen LogP contribution is 2.32. The summed E-state index contributed by atoms with van der Waals surface area (Å²) in [5.74, 6) is 1.43. The van der Waals surface area contributed by atoms with Gasteiger partial charge >= 0.3 is 0 Å². The minimum absolute atomic E-state index is 0.537. The van der Waals surface area contributed by atoms with E-state index >= 15 is 0 Å². The van der Waals surface area contributed by atoms with Gasteiger partial charge < -0.3 is 9.47 Å². The molecule has 0 atom stereocenters. The fourth-order valence-corrected chi connectivity index (χ4v) is 4.12. The van der Waals surface area contributed by atoms with Crippen molar-refractivity contribution < 1.29 is 9.47 Å². The lowest BCUT2D eigenvalue weighted by Crippen LogP contribution is -2.00. The molecule has 0 fully saturated rings. The standard InChI is InChI=1S/C22H22N2O2S2/c1-3-5-10-26-19-9-8-16(13-20(19)25-4-2)12-17(14-23)22-24-18(15-28-22)21-7-6-11-27-21/h6-9,11-13,15H,3-5,10H2,1-2H3/b17-12-. The summed E-state index contributed by atoms with van der Waals surface area (Å²) in [5.41, 5.74) is 2.33. The molecule has 144 valence electrons. The SMILES string of the molecule is CCCCOc1ccc(/C=C(/C#N)c2nc(-c3cccs3)cs2)cc1OCC. The highest BCUT2D eigenvalue weighted by Gasteiger charge is 2.11. The molecule has 0 N–H and O–H groups in total. The van der Waals surface area contributed by atoms with E-state index in [1.165, 1.54) is 11.3 Å². The van der Waals surface area contributed by atoms with Crippen molar-refractivity contribution in [3.05, 3.63) is 51.7 Å². The van der Waals surface area contributed by atoms with Crippen LogP contribution >= 0.6 is 22.7 Å². The number of hydrogen-bond donors (Lipinski definition) is 0. The van der Waals surface area contributed by atoms with E-state index < -0.39 is 0 Å². The summed E-state index contributed by atoms with van der Waals surface area (Å²) in [6.07, 6.45) is 3.93. The Morgan fingerprint density at radius 2 is 2.07 bits per heavy atom. The molecule has 0 aliphatic carbocycles. The molecule has 3 aromatic rings. The van der Waals surface area contributed by atoms with Crippen molar-refractivity contribution in [2.75, 3.05) is 13.2 Å². The number of unbranched alkanes of at least 4 members (excludes halogenated alkanes) is 1. The maximum Gasteiger partial charge on any atom is 0.161 e. The van der Waals surface area contributed by atoms with Gasteiger partial charge in [-0.1, -0.05) is 25.5 Å². The van der Waals surface area contributed by atoms with E-state index in [1.807, 2.05) is 54.1 Å². The predicted octanol–water partition coefficient (Wildman–Crippen LogP) is 6.51. The summed E-state index contributed by atoms with van der Waals surface area (Å²) in [6.45, 7) is 5.30. The molecule has 2 heterocycles. The van der Waals surface area contributed by atoms with Crippen LogP contribution in [0.1, 0.15) is 37.3 Å². The molecule has 0 amide bonds. The van der Waals surface area contributed by atoms with Gasteiger partial charge in [0.25, 0.3) is 0 Å². The van der Waals surface area contributed by atoms with E-state index in [4.69, 9.17) is 9.47 Å². The summed E-state index contributed by atoms with van der Waals surface area (Å²) in [4.78, 5) is 5.73. The van der Waals surface area contributed by atoms with Crippen LogP contribution in [-0.4, -0.2) is 18.2 Å². The molecule has 0 radical (unpaired) electrons. The monoisotopic (exact) mass is 410 g/mol. The molecule has 2 aromatic heterocycles. The number of thiazole rings is 1. The number of nitrogens with zero attached hydrogens (tertiary/aromatic N) is 2. The van der Waals surface area contributed by atoms with Gasteiger partial charge in [-0.05, 0) is 48.6 Å². The zero-order valence-electron chi connectivity index (χ0n) is 16.0. The molecule has 0 unspecified atom stereocenters. The zero-order valence-corrected chi connectivity index (χ0v) is 17.6. The van der Waals surface area contributed by atoms with E-state index in [1.54, 1.807) is 11.3 Å². The highest BCUT2D eigenvalue weighted by atomic mass is 32.1. The van der Waals surface area contributed by atoms with Crippen molar-refractivity contribution in [3.63, 3.8) is 0 Å². The number of allylic oxidation sites excluding steroid dienone is 1. The zero-order chi connectivity index (χ0) is 19.8. The third-order valence-electron chi connectivity index (χ3n) is 3.96. The van der Waals surface area contributed by atoms with Gasteiger partial charge in [0, 0.05) is 5.38 Å². The maximum atomic E-state index is 9.65. The topological polar surface area (TPSA) is 55.1 Å². The van der Waals surface area contributed by atoms with E-state index in [9.17, 15) is 5.26 Å². The molecule has 0 saturated carbocycles. The Bertz CT molecular complexity index is 969. The van der Waals surface area contributed by atoms with Gasteiger partial charge in [-0.15, -0.1) is 22.7 Å². The van der Waals surface area contributed by atoms with Crippen molar-refractivity contribution >= 4 is 34.3 Å². The molecular weight excluding hydrogens is 388 g/mol. The second-order valence-electron chi connectivity index (χ2n) is 6.03. The van der Waals surface area contributed by atoms with Crippen LogP contribution in [0, 0.1) is 11.3 Å². The first-order chi connectivity index (χ1) is 13.7. The van der Waals surface area contributed by atoms with Crippen LogP contribution in [-0.2, 0) is 0 Å². The predicted molar refractivity (Wildman–Crippen MR) is 117 cm³/mol. The Labute approximate surface area is 173 Å². The van der Waals surface area contributed by atoms with Crippen molar-refractivity contribution in [3.8, 4) is 28.1 Å². The first-order valence-electron chi connectivity index (χ1n) is 9.26. The van der Waals surface area contributed by atoms with E-state index in [2.05, 4.69) is 18.0 Å². The van der Waals surface area contributed by atoms with E-state index in [0.29, 0.717) is 29.5 Å². The third-order valence-corrected chi connectivity index (χ3v) is 5.73. The van der Waals surface area contributed by atoms with Crippen LogP contribution in [0.3, 0.4) is 0 Å². The molecule has 3 rings (SSSR count). The van der Waals surface area contributed by atoms with Gasteiger partial charge in [0.05, 0.1) is 29.4 Å². The minimum atomic E-state index is 0.537. The fourth-order valence-electron chi connectivity index (χ4n) is 2.57. The van der Waals surface area contributed by atoms with Gasteiger partial charge in [0.15, 0.2) is 11.5 Å². The fraction of sp³-hybridized carbons (Fsp3) is 0.273. The lowest BCUT2D eigenvalue weighted by Gasteiger charge is -2.12. The number of benzene rings is 1. The molecule has 0 saturated heterocycles. The highest BCUT2D eigenvalue weighted by molar-refractivity contribution is 7.14. The number of aromatic nitrogens is 1. The first-order valence-corrected chi connectivity index (χ1v) is 11.0. The molecular formula is C22H22N2O2S2. The number of nitriles is 1. The van der Waals surface area contributed by atoms with Crippen molar-refractivity contribution in [1.29, 1.82) is 5.26 Å². The van der Waals surface area contributed by atoms with Crippen molar-refractivity contribution in [2.24, 2.45) is 0 Å². The van der Waals surface area contributed by atoms with Gasteiger partial charge in [-0.3, -0.25) is 0 Å². The first kappa shape index (κ1) is 20.1. The smallest absolute Gasteiger partial charge is 0.161 e. The normalized spacial score (nSPS) is 11.2. The van der Waals surface area contributed by atoms with Crippen molar-refractivity contribution in [2.45, 2.75) is 26.7 Å². The van der Waals surface area contributed by atoms with Crippen LogP contribution in [0.2, 0.25) is 0 Å². The second kappa shape index (κ2) is 10.1. The molecule has 28 heavy (non-hydrogen) atoms. The summed E-state index contributed by atoms with van der Waals surface area (Å²) >= 11 is 3.12. The van der Waals surface area contributed by atoms with Gasteiger partial charge in [0.1, 0.15) is 11.1 Å². The van der Waals surface area contributed by atoms with Gasteiger partial charge in [-0.25, -0.2) is 4.98 Å². The summed E-state index contributed by atoms with van der Waals surface area (Å²) in [5, 5.41) is 14.4. The molecule has 0 bridgehead atoms. The Morgan fingerprint density at radius 1 is 1.18 bits per heavy atom. The number of hydrogen-bond acceptors (Lipinski definition) is 6. The largest absolute Gasteiger partial charge is 0.490 e. The molecule has 0 aliphatic rings. The molecule has 4 nitrogen and oxygen atoms in total. The maximum absolute atomic E-state index is 9.65. The lowest BCUT2D eigenvalue weighted by atomic mass is 10.1. The average Bonchev–Trinajstić information content (AvgIpc) is 3.39. The second-order valence-corrected chi connectivity index (χ2v) is 7.83. The van der Waals surface area contributed by atoms with Gasteiger partial charge in [-0.2, -0.15) is 5.26 Å². The third kappa shape index (κ3) is 5.00. The molecule has 6 heteroatoms. The summed E-state index contributed by atoms with van der Waals surface area (Å²) in [6, 6.07) is 12.1. The van der Waals surface area contributed by atoms with Crippen LogP contribution in [0.15, 0.2) is 41.1 Å². The Hall–Kier alpha value is -2.62. The Balaban J connectivity index is 1.85. The van der Waals surface area contributed by atoms with E-state index in [-0.39, 0.29) is 0 Å².